The summed E-state index contributed by atoms with van der Waals surface area (Å²) in [5, 5.41) is 42.3. The van der Waals surface area contributed by atoms with Gasteiger partial charge in [0, 0.05) is 89.4 Å². The number of carbonyl (C=O) groups is 11. The Bertz CT molecular complexity index is 3950. The number of nitrogens with zero attached hydrogens (tertiary/aromatic N) is 1. The fourth-order valence-electron chi connectivity index (χ4n) is 11.7. The minimum absolute atomic E-state index is 0.0125. The van der Waals surface area contributed by atoms with Crippen LogP contribution in [0.3, 0.4) is 0 Å². The zero-order valence-electron chi connectivity index (χ0n) is 54.7. The van der Waals surface area contributed by atoms with Crippen LogP contribution < -0.4 is 54.0 Å². The van der Waals surface area contributed by atoms with E-state index in [-0.39, 0.29) is 61.1 Å². The van der Waals surface area contributed by atoms with E-state index >= 15 is 9.59 Å². The summed E-state index contributed by atoms with van der Waals surface area (Å²) < 4.78 is 29.8. The summed E-state index contributed by atoms with van der Waals surface area (Å²) in [6, 6.07) is 10.2. The SMILES string of the molecule is C[C@@H]1NC(=O)[C@H](C(C)(C)C(=O)O)NC(=O)[C@H](Cc2c[nH]c3ccc(F)cc23)NC(=O)[C@H](Cc2c[nH]c3ccc(F)cc23)NC(=O)CNC(=O)[C@H](CCCCN)NC(=O)CCSCc2cccc(c2)CSC[C@@H](C(N)=O)NC(=O)[C@]2(C)CCCN2C(=O)[C@H](Cc2ccc(O)cc2)NC1=O. The smallest absolute Gasteiger partial charge is 0.311 e. The average Bonchev–Trinajstić information content (AvgIpc) is 1.58. The number of carbonyl (C=O) groups excluding carboxylic acids is 10. The molecule has 1 saturated heterocycles. The van der Waals surface area contributed by atoms with E-state index in [9.17, 15) is 62.1 Å². The fraction of sp³-hybridized carbons (Fsp3) is 0.426. The van der Waals surface area contributed by atoms with Gasteiger partial charge in [0.25, 0.3) is 0 Å². The Morgan fingerprint density at radius 2 is 1.27 bits per heavy atom. The van der Waals surface area contributed by atoms with Crippen molar-refractivity contribution in [3.05, 3.63) is 137 Å². The van der Waals surface area contributed by atoms with E-state index in [0.717, 1.165) is 25.0 Å². The highest BCUT2D eigenvalue weighted by Gasteiger charge is 2.49. The molecule has 10 amide bonds. The first-order valence-corrected chi connectivity index (χ1v) is 34.4. The van der Waals surface area contributed by atoms with Crippen molar-refractivity contribution >= 4 is 110 Å². The molecule has 0 spiro atoms. The first kappa shape index (κ1) is 74.2. The fourth-order valence-corrected chi connectivity index (χ4v) is 13.6. The quantitative estimate of drug-likeness (QED) is 0.0739. The van der Waals surface area contributed by atoms with E-state index in [0.29, 0.717) is 70.6 Å². The van der Waals surface area contributed by atoms with Crippen molar-refractivity contribution in [3.8, 4) is 5.75 Å². The number of hydrogen-bond donors (Lipinski definition) is 14. The number of rotatable bonds is 13. The van der Waals surface area contributed by atoms with Crippen molar-refractivity contribution in [2.75, 3.05) is 31.1 Å². The highest BCUT2D eigenvalue weighted by atomic mass is 32.2. The molecule has 2 aromatic heterocycles. The monoisotopic (exact) mass is 1390 g/mol. The van der Waals surface area contributed by atoms with Crippen LogP contribution in [0.4, 0.5) is 8.78 Å². The van der Waals surface area contributed by atoms with E-state index in [2.05, 4.69) is 52.5 Å². The van der Waals surface area contributed by atoms with Crippen molar-refractivity contribution in [1.82, 2.24) is 57.4 Å². The van der Waals surface area contributed by atoms with Crippen LogP contribution in [0.2, 0.25) is 0 Å². The molecule has 8 atom stereocenters. The van der Waals surface area contributed by atoms with Gasteiger partial charge in [-0.05, 0) is 143 Å². The number of phenols is 1. The molecular formula is C68H83F2N13O13S2. The number of unbranched alkanes of at least 4 members (excludes halogenated alkanes) is 1. The molecule has 30 heteroatoms. The van der Waals surface area contributed by atoms with Gasteiger partial charge in [-0.15, -0.1) is 0 Å². The van der Waals surface area contributed by atoms with Crippen molar-refractivity contribution < 1.29 is 71.7 Å². The molecule has 16 N–H and O–H groups in total. The van der Waals surface area contributed by atoms with Gasteiger partial charge in [0.1, 0.15) is 65.2 Å². The number of carboxylic acid groups (broad SMARTS) is 1. The van der Waals surface area contributed by atoms with E-state index in [1.165, 1.54) is 115 Å². The Morgan fingerprint density at radius 3 is 1.88 bits per heavy atom. The number of aromatic amines is 2. The molecule has 8 rings (SSSR count). The van der Waals surface area contributed by atoms with Crippen LogP contribution in [0.15, 0.2) is 97.3 Å². The number of phenolic OH excluding ortho intramolecular Hbond substituents is 1. The Labute approximate surface area is 572 Å². The molecule has 98 heavy (non-hydrogen) atoms. The van der Waals surface area contributed by atoms with E-state index in [1.807, 2.05) is 24.3 Å². The largest absolute Gasteiger partial charge is 0.508 e. The molecule has 0 unspecified atom stereocenters. The minimum Gasteiger partial charge on any atom is -0.508 e. The summed E-state index contributed by atoms with van der Waals surface area (Å²) in [6.45, 7) is 4.58. The third kappa shape index (κ3) is 19.4. The third-order valence-corrected chi connectivity index (χ3v) is 19.6. The molecule has 0 radical (unpaired) electrons. The highest BCUT2D eigenvalue weighted by Crippen LogP contribution is 2.32. The number of nitrogens with one attached hydrogen (secondary N) is 10. The number of nitrogens with two attached hydrogens (primary N) is 2. The van der Waals surface area contributed by atoms with Crippen LogP contribution in [0, 0.1) is 17.0 Å². The second kappa shape index (κ2) is 33.6. The topological polar surface area (TPSA) is 411 Å². The minimum atomic E-state index is -2.21. The van der Waals surface area contributed by atoms with Crippen LogP contribution >= 0.6 is 23.5 Å². The van der Waals surface area contributed by atoms with E-state index in [1.54, 1.807) is 0 Å². The van der Waals surface area contributed by atoms with Crippen LogP contribution in [-0.2, 0) is 83.5 Å². The summed E-state index contributed by atoms with van der Waals surface area (Å²) in [7, 11) is 0. The predicted octanol–water partition coefficient (Wildman–Crippen LogP) is 2.87. The number of aromatic nitrogens is 2. The molecule has 26 nitrogen and oxygen atoms in total. The lowest BCUT2D eigenvalue weighted by Crippen LogP contribution is -2.64. The van der Waals surface area contributed by atoms with Crippen molar-refractivity contribution in [2.24, 2.45) is 16.9 Å². The number of primary amides is 1. The van der Waals surface area contributed by atoms with Gasteiger partial charge >= 0.3 is 5.97 Å². The Morgan fingerprint density at radius 1 is 0.673 bits per heavy atom. The maximum absolute atomic E-state index is 15.1. The van der Waals surface area contributed by atoms with Gasteiger partial charge in [-0.1, -0.05) is 36.4 Å². The van der Waals surface area contributed by atoms with Crippen LogP contribution in [0.5, 0.6) is 5.75 Å². The third-order valence-electron chi connectivity index (χ3n) is 17.5. The van der Waals surface area contributed by atoms with Crippen LogP contribution in [0.25, 0.3) is 21.8 Å². The zero-order chi connectivity index (χ0) is 71.0. The maximum Gasteiger partial charge on any atom is 0.311 e. The Balaban J connectivity index is 1.13. The second-order valence-electron chi connectivity index (χ2n) is 25.3. The number of halogens is 2. The van der Waals surface area contributed by atoms with Gasteiger partial charge in [-0.2, -0.15) is 23.5 Å². The number of aliphatic carboxylic acids is 1. The predicted molar refractivity (Wildman–Crippen MR) is 364 cm³/mol. The summed E-state index contributed by atoms with van der Waals surface area (Å²) in [5.74, 6) is -10.5. The number of benzene rings is 4. The molecule has 0 aliphatic carbocycles. The van der Waals surface area contributed by atoms with Gasteiger partial charge in [-0.25, -0.2) is 8.78 Å². The lowest BCUT2D eigenvalue weighted by Gasteiger charge is -2.37. The maximum atomic E-state index is 15.1. The average molecular weight is 1390 g/mol. The Hall–Kier alpha value is -9.55. The second-order valence-corrected chi connectivity index (χ2v) is 27.4. The van der Waals surface area contributed by atoms with Gasteiger partial charge in [0.15, 0.2) is 0 Å². The molecule has 2 aliphatic rings. The summed E-state index contributed by atoms with van der Waals surface area (Å²) in [5.41, 5.74) is 11.5. The number of amides is 10. The van der Waals surface area contributed by atoms with Crippen LogP contribution in [-0.4, -0.2) is 169 Å². The lowest BCUT2D eigenvalue weighted by atomic mass is 9.83. The van der Waals surface area contributed by atoms with E-state index < -0.39 is 143 Å². The molecule has 4 aromatic carbocycles. The number of carboxylic acids is 1. The van der Waals surface area contributed by atoms with Gasteiger partial charge in [0.05, 0.1) is 12.0 Å². The number of H-pyrrole nitrogens is 2. The summed E-state index contributed by atoms with van der Waals surface area (Å²) >= 11 is 2.79. The number of thioether (sulfide) groups is 2. The van der Waals surface area contributed by atoms with Gasteiger partial charge in [-0.3, -0.25) is 52.7 Å². The zero-order valence-corrected chi connectivity index (χ0v) is 56.3. The summed E-state index contributed by atoms with van der Waals surface area (Å²) in [4.78, 5) is 164. The lowest BCUT2D eigenvalue weighted by molar-refractivity contribution is -0.153. The first-order chi connectivity index (χ1) is 46.6. The summed E-state index contributed by atoms with van der Waals surface area (Å²) in [6.07, 6.45) is 3.43. The molecule has 2 aliphatic heterocycles. The number of hydrogen-bond acceptors (Lipinski definition) is 15. The van der Waals surface area contributed by atoms with E-state index in [4.69, 9.17) is 11.5 Å². The van der Waals surface area contributed by atoms with Gasteiger partial charge < -0.3 is 79.1 Å². The first-order valence-electron chi connectivity index (χ1n) is 32.1. The molecule has 524 valence electrons. The van der Waals surface area contributed by atoms with Crippen LogP contribution in [0.1, 0.15) is 94.0 Å². The van der Waals surface area contributed by atoms with Crippen molar-refractivity contribution in [1.29, 1.82) is 0 Å². The molecule has 6 aromatic rings. The molecule has 1 fully saturated rings. The van der Waals surface area contributed by atoms with Crippen molar-refractivity contribution in [3.63, 3.8) is 0 Å². The van der Waals surface area contributed by atoms with Crippen molar-refractivity contribution in [2.45, 2.75) is 145 Å². The number of aromatic hydroxyl groups is 1. The number of fused-ring (bicyclic) bond motifs is 5. The normalized spacial score (nSPS) is 23.2. The molecular weight excluding hydrogens is 1310 g/mol. The Kier molecular flexibility index (Phi) is 25.5. The van der Waals surface area contributed by atoms with Gasteiger partial charge in [0.2, 0.25) is 59.1 Å². The standard InChI is InChI=1S/C68H83F2N13O13S2/c1-37-59(88)80-53(26-38-12-16-45(84)17-13-38)64(93)83-23-8-21-68(83,4)65(94)81-54(58(72)87)36-98-35-40-10-7-9-39(25-40)34-97-24-20-55(85)77-50(11-5-6-22-71)60(89)75-33-56(86)78-51(27-41-31-73-48-18-14-43(69)29-46(41)48)61(90)79-52(28-42-32-74-49-19-15-44(70)30-47(42)49)62(91)82-57(63(92)76-37)67(2,3)66(95)96/h7,9-10,12-19,25,29-32,37,50-54,57,73-74,84H,5-6,8,11,20-24,26-28,33-36,71H2,1-4H3,(H2,72,87)(H,75,89)(H,76,92)(H,77,85)(H,78,86)(H,79,90)(H,80,88)(H,81,94)(H,82,91)(H,95,96)/t37-,50-,51-,52-,53-,54-,57+,68-/m0/s1. The molecule has 0 saturated carbocycles. The highest BCUT2D eigenvalue weighted by molar-refractivity contribution is 7.98. The molecule has 2 bridgehead atoms. The molecule has 4 heterocycles.